The molecule has 3 aromatic rings. The number of halogens is 3. The van der Waals surface area contributed by atoms with Gasteiger partial charge in [-0.1, -0.05) is 13.0 Å². The Bertz CT molecular complexity index is 1130. The molecule has 32 heavy (non-hydrogen) atoms. The summed E-state index contributed by atoms with van der Waals surface area (Å²) in [7, 11) is 1.54. The summed E-state index contributed by atoms with van der Waals surface area (Å²) in [5.74, 6) is 1.36. The number of nitrogen functional groups attached to an aromatic ring is 2. The predicted molar refractivity (Wildman–Crippen MR) is 120 cm³/mol. The number of fused-ring (bicyclic) bond motifs is 1. The van der Waals surface area contributed by atoms with Crippen LogP contribution in [0.4, 0.5) is 30.4 Å². The number of aromatic nitrogens is 2. The number of nitrogens with zero attached hydrogens (tertiary/aromatic N) is 3. The van der Waals surface area contributed by atoms with Gasteiger partial charge in [-0.25, -0.2) is 9.97 Å². The molecule has 0 amide bonds. The summed E-state index contributed by atoms with van der Waals surface area (Å²) in [5, 5.41) is 4.23. The maximum atomic E-state index is 13.2. The molecule has 2 heterocycles. The van der Waals surface area contributed by atoms with Crippen molar-refractivity contribution in [1.29, 1.82) is 0 Å². The van der Waals surface area contributed by atoms with Crippen molar-refractivity contribution in [2.45, 2.75) is 25.6 Å². The van der Waals surface area contributed by atoms with Crippen LogP contribution in [0.5, 0.6) is 5.75 Å². The number of nitrogens with two attached hydrogens (primary N) is 2. The minimum absolute atomic E-state index is 0.135. The third-order valence-electron chi connectivity index (χ3n) is 5.62. The number of hydrogen-bond acceptors (Lipinski definition) is 7. The second-order valence-corrected chi connectivity index (χ2v) is 7.74. The molecule has 1 fully saturated rings. The minimum Gasteiger partial charge on any atom is -0.494 e. The van der Waals surface area contributed by atoms with Gasteiger partial charge in [0.05, 0.1) is 18.2 Å². The highest BCUT2D eigenvalue weighted by Crippen LogP contribution is 2.40. The van der Waals surface area contributed by atoms with E-state index in [4.69, 9.17) is 21.2 Å². The molecule has 0 spiro atoms. The minimum atomic E-state index is -4.56. The molecular weight excluding hydrogens is 421 g/mol. The van der Waals surface area contributed by atoms with E-state index in [-0.39, 0.29) is 22.8 Å². The third kappa shape index (κ3) is 3.97. The van der Waals surface area contributed by atoms with Gasteiger partial charge in [-0.3, -0.25) is 0 Å². The molecule has 0 aliphatic carbocycles. The molecule has 2 aromatic carbocycles. The highest BCUT2D eigenvalue weighted by Gasteiger charge is 2.32. The van der Waals surface area contributed by atoms with E-state index in [0.29, 0.717) is 23.1 Å². The number of benzene rings is 2. The summed E-state index contributed by atoms with van der Waals surface area (Å²) in [6.45, 7) is 4.44. The number of para-hydroxylation sites is 1. The van der Waals surface area contributed by atoms with Crippen molar-refractivity contribution < 1.29 is 17.9 Å². The predicted octanol–water partition coefficient (Wildman–Crippen LogP) is 3.68. The maximum absolute atomic E-state index is 13.2. The second kappa shape index (κ2) is 8.34. The molecule has 1 saturated heterocycles. The van der Waals surface area contributed by atoms with Crippen LogP contribution in [0.1, 0.15) is 18.9 Å². The maximum Gasteiger partial charge on any atom is 0.416 e. The van der Waals surface area contributed by atoms with E-state index in [1.807, 2.05) is 12.1 Å². The average molecular weight is 446 g/mol. The second-order valence-electron chi connectivity index (χ2n) is 7.74. The fourth-order valence-electron chi connectivity index (χ4n) is 4.14. The lowest BCUT2D eigenvalue weighted by molar-refractivity contribution is -0.137. The topological polar surface area (TPSA) is 102 Å². The Kier molecular flexibility index (Phi) is 5.72. The molecule has 7 nitrogen and oxygen atoms in total. The first-order valence-electron chi connectivity index (χ1n) is 10.3. The lowest BCUT2D eigenvalue weighted by atomic mass is 10.0. The summed E-state index contributed by atoms with van der Waals surface area (Å²) in [6, 6.07) is 7.56. The van der Waals surface area contributed by atoms with E-state index in [1.54, 1.807) is 6.07 Å². The fraction of sp³-hybridized carbons (Fsp3) is 0.364. The molecule has 0 bridgehead atoms. The summed E-state index contributed by atoms with van der Waals surface area (Å²) in [6.07, 6.45) is -3.61. The number of likely N-dealkylation sites (N-methyl/N-ethyl adjacent to an activating group) is 1. The van der Waals surface area contributed by atoms with Crippen LogP contribution in [0, 0.1) is 0 Å². The van der Waals surface area contributed by atoms with Crippen molar-refractivity contribution in [2.75, 3.05) is 43.1 Å². The summed E-state index contributed by atoms with van der Waals surface area (Å²) in [4.78, 5) is 11.5. The molecule has 1 aliphatic heterocycles. The zero-order valence-electron chi connectivity index (χ0n) is 17.8. The van der Waals surface area contributed by atoms with Crippen molar-refractivity contribution in [3.8, 4) is 17.1 Å². The monoisotopic (exact) mass is 446 g/mol. The molecule has 1 atom stereocenters. The fourth-order valence-corrected chi connectivity index (χ4v) is 4.14. The van der Waals surface area contributed by atoms with Crippen LogP contribution >= 0.6 is 0 Å². The first-order chi connectivity index (χ1) is 15.2. The van der Waals surface area contributed by atoms with Gasteiger partial charge in [-0.15, -0.1) is 0 Å². The molecule has 1 aromatic heterocycles. The van der Waals surface area contributed by atoms with Crippen LogP contribution in [0.25, 0.3) is 22.3 Å². The Morgan fingerprint density at radius 2 is 1.91 bits per heavy atom. The Balaban J connectivity index is 1.90. The van der Waals surface area contributed by atoms with Gasteiger partial charge in [-0.05, 0) is 37.2 Å². The van der Waals surface area contributed by atoms with Crippen LogP contribution in [0.3, 0.4) is 0 Å². The standard InChI is InChI=1S/C22H25F3N6O/c1-3-28-13-7-8-31(11-13)21-14-5-4-6-17(32-2)19(14)29-20(30-21)18-15(26)9-12(10-16(18)27)22(23,24)25/h4-6,9-10,13,28H,3,7-8,11,26-27H2,1-2H3. The third-order valence-corrected chi connectivity index (χ3v) is 5.62. The molecule has 5 N–H and O–H groups in total. The molecule has 10 heteroatoms. The van der Waals surface area contributed by atoms with Gasteiger partial charge >= 0.3 is 6.18 Å². The zero-order chi connectivity index (χ0) is 23.0. The molecule has 1 unspecified atom stereocenters. The van der Waals surface area contributed by atoms with E-state index < -0.39 is 11.7 Å². The van der Waals surface area contributed by atoms with Gasteiger partial charge in [0, 0.05) is 35.9 Å². The number of anilines is 3. The number of hydrogen-bond donors (Lipinski definition) is 3. The van der Waals surface area contributed by atoms with Crippen LogP contribution in [-0.4, -0.2) is 42.8 Å². The number of nitrogens with one attached hydrogen (secondary N) is 1. The van der Waals surface area contributed by atoms with Gasteiger partial charge in [0.1, 0.15) is 17.1 Å². The summed E-state index contributed by atoms with van der Waals surface area (Å²) in [5.41, 5.74) is 11.6. The normalized spacial score (nSPS) is 16.7. The lowest BCUT2D eigenvalue weighted by Gasteiger charge is -2.22. The van der Waals surface area contributed by atoms with Crippen LogP contribution in [-0.2, 0) is 6.18 Å². The Morgan fingerprint density at radius 1 is 1.19 bits per heavy atom. The lowest BCUT2D eigenvalue weighted by Crippen LogP contribution is -2.32. The molecule has 0 radical (unpaired) electrons. The smallest absolute Gasteiger partial charge is 0.416 e. The van der Waals surface area contributed by atoms with Gasteiger partial charge in [0.15, 0.2) is 5.82 Å². The van der Waals surface area contributed by atoms with Crippen molar-refractivity contribution >= 4 is 28.1 Å². The van der Waals surface area contributed by atoms with Gasteiger partial charge in [-0.2, -0.15) is 13.2 Å². The van der Waals surface area contributed by atoms with Crippen molar-refractivity contribution in [1.82, 2.24) is 15.3 Å². The first kappa shape index (κ1) is 21.9. The molecule has 170 valence electrons. The number of ether oxygens (including phenoxy) is 1. The Labute approximate surface area is 183 Å². The molecular formula is C22H25F3N6O. The zero-order valence-corrected chi connectivity index (χ0v) is 17.8. The van der Waals surface area contributed by atoms with E-state index >= 15 is 0 Å². The van der Waals surface area contributed by atoms with E-state index in [1.165, 1.54) is 7.11 Å². The largest absolute Gasteiger partial charge is 0.494 e. The highest BCUT2D eigenvalue weighted by molar-refractivity contribution is 5.96. The van der Waals surface area contributed by atoms with E-state index in [2.05, 4.69) is 22.1 Å². The van der Waals surface area contributed by atoms with Crippen molar-refractivity contribution in [3.05, 3.63) is 35.9 Å². The van der Waals surface area contributed by atoms with Crippen molar-refractivity contribution in [3.63, 3.8) is 0 Å². The number of methoxy groups -OCH3 is 1. The van der Waals surface area contributed by atoms with Gasteiger partial charge in [0.2, 0.25) is 0 Å². The molecule has 0 saturated carbocycles. The Morgan fingerprint density at radius 3 is 2.53 bits per heavy atom. The SMILES string of the molecule is CCNC1CCN(c2nc(-c3c(N)cc(C(F)(F)F)cc3N)nc3c(OC)cccc23)C1. The summed E-state index contributed by atoms with van der Waals surface area (Å²) >= 11 is 0. The Hall–Kier alpha value is -3.27. The first-order valence-corrected chi connectivity index (χ1v) is 10.3. The van der Waals surface area contributed by atoms with Crippen LogP contribution in [0.15, 0.2) is 30.3 Å². The molecule has 4 rings (SSSR count). The number of rotatable bonds is 5. The van der Waals surface area contributed by atoms with Crippen LogP contribution in [0.2, 0.25) is 0 Å². The average Bonchev–Trinajstić information content (AvgIpc) is 3.20. The van der Waals surface area contributed by atoms with E-state index in [9.17, 15) is 13.2 Å². The van der Waals surface area contributed by atoms with Crippen LogP contribution < -0.4 is 26.4 Å². The van der Waals surface area contributed by atoms with Gasteiger partial charge < -0.3 is 26.4 Å². The molecule has 1 aliphatic rings. The summed E-state index contributed by atoms with van der Waals surface area (Å²) < 4.78 is 45.0. The van der Waals surface area contributed by atoms with E-state index in [0.717, 1.165) is 43.6 Å². The van der Waals surface area contributed by atoms with Gasteiger partial charge in [0.25, 0.3) is 0 Å². The quantitative estimate of drug-likeness (QED) is 0.514. The number of alkyl halides is 3. The van der Waals surface area contributed by atoms with Crippen molar-refractivity contribution in [2.24, 2.45) is 0 Å². The highest BCUT2D eigenvalue weighted by atomic mass is 19.4.